The van der Waals surface area contributed by atoms with Crippen LogP contribution in [0.5, 0.6) is 5.75 Å². The molecule has 150 valence electrons. The van der Waals surface area contributed by atoms with Crippen molar-refractivity contribution < 1.29 is 14.6 Å². The monoisotopic (exact) mass is 392 g/mol. The van der Waals surface area contributed by atoms with Gasteiger partial charge in [0.05, 0.1) is 12.6 Å². The van der Waals surface area contributed by atoms with Crippen LogP contribution in [0.15, 0.2) is 36.4 Å². The fourth-order valence-electron chi connectivity index (χ4n) is 3.78. The number of amides is 1. The van der Waals surface area contributed by atoms with Crippen LogP contribution in [0.25, 0.3) is 22.0 Å². The van der Waals surface area contributed by atoms with Gasteiger partial charge in [-0.2, -0.15) is 5.10 Å². The molecule has 1 amide bonds. The summed E-state index contributed by atoms with van der Waals surface area (Å²) < 4.78 is 7.60. The minimum Gasteiger partial charge on any atom is -0.490 e. The van der Waals surface area contributed by atoms with Crippen molar-refractivity contribution in [1.82, 2.24) is 9.78 Å². The lowest BCUT2D eigenvalue weighted by Gasteiger charge is -2.36. The van der Waals surface area contributed by atoms with Gasteiger partial charge in [-0.1, -0.05) is 32.0 Å². The topological polar surface area (TPSA) is 102 Å². The number of nitrogens with two attached hydrogens (primary N) is 1. The van der Waals surface area contributed by atoms with Crippen LogP contribution in [0.4, 0.5) is 5.82 Å². The summed E-state index contributed by atoms with van der Waals surface area (Å²) in [4.78, 5) is 12.2. The Morgan fingerprint density at radius 3 is 2.69 bits per heavy atom. The number of fused-ring (bicyclic) bond motifs is 2. The molecule has 1 saturated carbocycles. The van der Waals surface area contributed by atoms with Gasteiger partial charge < -0.3 is 20.9 Å². The molecule has 0 saturated heterocycles. The number of aliphatic hydroxyl groups is 1. The van der Waals surface area contributed by atoms with E-state index in [0.717, 1.165) is 34.9 Å². The van der Waals surface area contributed by atoms with E-state index in [1.165, 1.54) is 0 Å². The van der Waals surface area contributed by atoms with Crippen LogP contribution in [0.3, 0.4) is 0 Å². The van der Waals surface area contributed by atoms with Crippen LogP contribution in [-0.2, 0) is 6.54 Å². The number of nitrogens with one attached hydrogen (secondary N) is 1. The number of hydrogen-bond donors (Lipinski definition) is 3. The summed E-state index contributed by atoms with van der Waals surface area (Å²) in [5.74, 6) is 0.769. The Morgan fingerprint density at radius 1 is 1.24 bits per heavy atom. The molecule has 1 aromatic heterocycles. The molecule has 7 heteroatoms. The van der Waals surface area contributed by atoms with Crippen molar-refractivity contribution in [1.29, 1.82) is 0 Å². The highest BCUT2D eigenvalue weighted by Gasteiger charge is 2.38. The normalized spacial score (nSPS) is 20.2. The van der Waals surface area contributed by atoms with Crippen LogP contribution in [0.2, 0.25) is 0 Å². The maximum atomic E-state index is 12.2. The Morgan fingerprint density at radius 2 is 1.97 bits per heavy atom. The lowest BCUT2D eigenvalue weighted by Crippen LogP contribution is -2.44. The minimum absolute atomic E-state index is 0.299. The molecule has 0 unspecified atom stereocenters. The molecular weight excluding hydrogens is 368 g/mol. The number of hydrogen-bond acceptors (Lipinski definition) is 5. The summed E-state index contributed by atoms with van der Waals surface area (Å²) in [6.45, 7) is 4.36. The summed E-state index contributed by atoms with van der Waals surface area (Å²) in [7, 11) is 0. The second-order valence-corrected chi connectivity index (χ2v) is 8.67. The SMILES string of the molecule is CC1(C)Cn2nc(-c3ccc4cc(OC5CC5)ccc4c3)c(C(N)=O)c2N[C@H]1O. The van der Waals surface area contributed by atoms with Crippen LogP contribution in [0.1, 0.15) is 37.0 Å². The summed E-state index contributed by atoms with van der Waals surface area (Å²) in [5, 5.41) is 20.1. The first-order valence-electron chi connectivity index (χ1n) is 9.88. The second-order valence-electron chi connectivity index (χ2n) is 8.67. The van der Waals surface area contributed by atoms with E-state index >= 15 is 0 Å². The van der Waals surface area contributed by atoms with Gasteiger partial charge in [0.2, 0.25) is 0 Å². The molecule has 29 heavy (non-hydrogen) atoms. The van der Waals surface area contributed by atoms with Gasteiger partial charge in [0.15, 0.2) is 0 Å². The van der Waals surface area contributed by atoms with Gasteiger partial charge in [0.25, 0.3) is 5.91 Å². The molecule has 2 heterocycles. The van der Waals surface area contributed by atoms with E-state index in [9.17, 15) is 9.90 Å². The van der Waals surface area contributed by atoms with E-state index in [-0.39, 0.29) is 0 Å². The molecule has 1 fully saturated rings. The maximum absolute atomic E-state index is 12.2. The first-order valence-corrected chi connectivity index (χ1v) is 9.88. The van der Waals surface area contributed by atoms with Crippen molar-refractivity contribution in [3.8, 4) is 17.0 Å². The Hall–Kier alpha value is -3.06. The Kier molecular flexibility index (Phi) is 3.86. The van der Waals surface area contributed by atoms with Crippen molar-refractivity contribution in [2.24, 2.45) is 11.1 Å². The van der Waals surface area contributed by atoms with Crippen LogP contribution in [0, 0.1) is 5.41 Å². The lowest BCUT2D eigenvalue weighted by molar-refractivity contribution is 0.0462. The van der Waals surface area contributed by atoms with Gasteiger partial charge in [-0.05, 0) is 41.8 Å². The Labute approximate surface area is 168 Å². The van der Waals surface area contributed by atoms with Crippen LogP contribution < -0.4 is 15.8 Å². The molecule has 1 aliphatic carbocycles. The molecule has 7 nitrogen and oxygen atoms in total. The molecule has 4 N–H and O–H groups in total. The number of benzene rings is 2. The molecule has 5 rings (SSSR count). The number of rotatable bonds is 4. The van der Waals surface area contributed by atoms with E-state index in [1.54, 1.807) is 4.68 Å². The molecular formula is C22H24N4O3. The average molecular weight is 392 g/mol. The van der Waals surface area contributed by atoms with Crippen molar-refractivity contribution >= 4 is 22.5 Å². The Balaban J connectivity index is 1.58. The van der Waals surface area contributed by atoms with Crippen molar-refractivity contribution in [3.63, 3.8) is 0 Å². The molecule has 1 aliphatic heterocycles. The smallest absolute Gasteiger partial charge is 0.254 e. The third-order valence-corrected chi connectivity index (χ3v) is 5.68. The van der Waals surface area contributed by atoms with Gasteiger partial charge in [0, 0.05) is 11.0 Å². The number of nitrogens with zero attached hydrogens (tertiary/aromatic N) is 2. The number of anilines is 1. The van der Waals surface area contributed by atoms with Crippen molar-refractivity contribution in [2.45, 2.75) is 45.6 Å². The summed E-state index contributed by atoms with van der Waals surface area (Å²) >= 11 is 0. The van der Waals surface area contributed by atoms with Gasteiger partial charge >= 0.3 is 0 Å². The highest BCUT2D eigenvalue weighted by atomic mass is 16.5. The predicted molar refractivity (Wildman–Crippen MR) is 111 cm³/mol. The highest BCUT2D eigenvalue weighted by molar-refractivity contribution is 6.04. The van der Waals surface area contributed by atoms with E-state index in [4.69, 9.17) is 10.5 Å². The molecule has 3 aromatic rings. The van der Waals surface area contributed by atoms with E-state index in [1.807, 2.05) is 50.2 Å². The fourth-order valence-corrected chi connectivity index (χ4v) is 3.78. The summed E-state index contributed by atoms with van der Waals surface area (Å²) in [5.41, 5.74) is 6.88. The quantitative estimate of drug-likeness (QED) is 0.633. The zero-order valence-electron chi connectivity index (χ0n) is 16.5. The number of carbonyl (C=O) groups is 1. The lowest BCUT2D eigenvalue weighted by atomic mass is 9.89. The second kappa shape index (κ2) is 6.22. The molecule has 0 bridgehead atoms. The highest BCUT2D eigenvalue weighted by Crippen LogP contribution is 2.38. The number of aromatic nitrogens is 2. The molecule has 2 aliphatic rings. The van der Waals surface area contributed by atoms with E-state index in [0.29, 0.717) is 29.7 Å². The van der Waals surface area contributed by atoms with E-state index < -0.39 is 17.6 Å². The zero-order valence-corrected chi connectivity index (χ0v) is 16.5. The third kappa shape index (κ3) is 3.11. The van der Waals surface area contributed by atoms with E-state index in [2.05, 4.69) is 10.4 Å². The van der Waals surface area contributed by atoms with Gasteiger partial charge in [-0.25, -0.2) is 4.68 Å². The fraction of sp³-hybridized carbons (Fsp3) is 0.364. The number of primary amides is 1. The first kappa shape index (κ1) is 18.0. The largest absolute Gasteiger partial charge is 0.490 e. The number of carbonyl (C=O) groups excluding carboxylic acids is 1. The van der Waals surface area contributed by atoms with Gasteiger partial charge in [-0.15, -0.1) is 0 Å². The molecule has 0 radical (unpaired) electrons. The minimum atomic E-state index is -0.792. The molecule has 1 atom stereocenters. The predicted octanol–water partition coefficient (Wildman–Crippen LogP) is 3.11. The van der Waals surface area contributed by atoms with Crippen LogP contribution in [-0.4, -0.2) is 33.1 Å². The zero-order chi connectivity index (χ0) is 20.3. The standard InChI is InChI=1S/C22H24N4O3/c1-22(2)11-26-20(24-21(22)28)17(19(23)27)18(25-26)14-4-3-13-10-16(29-15-7-8-15)6-5-12(13)9-14/h3-6,9-10,15,21,24,28H,7-8,11H2,1-2H3,(H2,23,27)/t21-/m0/s1. The van der Waals surface area contributed by atoms with Gasteiger partial charge in [-0.3, -0.25) is 4.79 Å². The maximum Gasteiger partial charge on any atom is 0.254 e. The van der Waals surface area contributed by atoms with Crippen molar-refractivity contribution in [3.05, 3.63) is 42.0 Å². The molecule has 0 spiro atoms. The van der Waals surface area contributed by atoms with Crippen LogP contribution >= 0.6 is 0 Å². The molecule has 2 aromatic carbocycles. The first-order chi connectivity index (χ1) is 13.8. The number of ether oxygens (including phenoxy) is 1. The third-order valence-electron chi connectivity index (χ3n) is 5.68. The van der Waals surface area contributed by atoms with Gasteiger partial charge in [0.1, 0.15) is 29.1 Å². The summed E-state index contributed by atoms with van der Waals surface area (Å²) in [6, 6.07) is 12.0. The average Bonchev–Trinajstić information content (AvgIpc) is 3.41. The summed E-state index contributed by atoms with van der Waals surface area (Å²) in [6.07, 6.45) is 1.81. The van der Waals surface area contributed by atoms with Crippen molar-refractivity contribution in [2.75, 3.05) is 5.32 Å². The Bertz CT molecular complexity index is 1130. The number of aliphatic hydroxyl groups excluding tert-OH is 1.